The number of piperazine rings is 1. The quantitative estimate of drug-likeness (QED) is 0.207. The number of nitrogens with one attached hydrogen (secondary N) is 2. The van der Waals surface area contributed by atoms with E-state index in [1.165, 1.54) is 5.56 Å². The van der Waals surface area contributed by atoms with Crippen LogP contribution in [-0.2, 0) is 6.54 Å². The average Bonchev–Trinajstić information content (AvgIpc) is 2.63. The highest BCUT2D eigenvalue weighted by atomic mass is 127. The molecule has 140 valence electrons. The summed E-state index contributed by atoms with van der Waals surface area (Å²) in [5.74, 6) is 0.850. The van der Waals surface area contributed by atoms with Crippen molar-refractivity contribution in [3.05, 3.63) is 48.6 Å². The lowest BCUT2D eigenvalue weighted by Crippen LogP contribution is -2.46. The Morgan fingerprint density at radius 2 is 1.80 bits per heavy atom. The molecule has 0 atom stereocenters. The molecule has 6 heteroatoms. The Hall–Kier alpha value is -1.12. The van der Waals surface area contributed by atoms with E-state index >= 15 is 0 Å². The normalized spacial score (nSPS) is 16.1. The van der Waals surface area contributed by atoms with E-state index in [1.807, 2.05) is 6.08 Å². The summed E-state index contributed by atoms with van der Waals surface area (Å²) in [5.41, 5.74) is 1.41. The second-order valence-electron chi connectivity index (χ2n) is 6.13. The SMILES string of the molecule is C=CCNC(=NC)NCCCN1CCN(Cc2ccccc2)CC1.I. The fourth-order valence-corrected chi connectivity index (χ4v) is 2.91. The minimum atomic E-state index is 0. The van der Waals surface area contributed by atoms with Gasteiger partial charge in [-0.3, -0.25) is 9.89 Å². The van der Waals surface area contributed by atoms with Gasteiger partial charge in [-0.1, -0.05) is 36.4 Å². The van der Waals surface area contributed by atoms with Gasteiger partial charge in [0.05, 0.1) is 0 Å². The molecule has 0 radical (unpaired) electrons. The molecule has 0 amide bonds. The maximum atomic E-state index is 4.19. The van der Waals surface area contributed by atoms with Crippen molar-refractivity contribution in [3.8, 4) is 0 Å². The summed E-state index contributed by atoms with van der Waals surface area (Å²) in [6.45, 7) is 12.2. The van der Waals surface area contributed by atoms with Crippen molar-refractivity contribution in [2.75, 3.05) is 52.9 Å². The zero-order chi connectivity index (χ0) is 17.0. The maximum Gasteiger partial charge on any atom is 0.191 e. The molecule has 0 aromatic heterocycles. The Labute approximate surface area is 169 Å². The molecule has 1 heterocycles. The lowest BCUT2D eigenvalue weighted by atomic mass is 10.2. The van der Waals surface area contributed by atoms with Gasteiger partial charge in [-0.05, 0) is 18.5 Å². The van der Waals surface area contributed by atoms with E-state index in [0.29, 0.717) is 0 Å². The highest BCUT2D eigenvalue weighted by Gasteiger charge is 2.16. The first-order valence-corrected chi connectivity index (χ1v) is 8.86. The van der Waals surface area contributed by atoms with Gasteiger partial charge in [-0.15, -0.1) is 30.6 Å². The summed E-state index contributed by atoms with van der Waals surface area (Å²) < 4.78 is 0. The molecule has 0 unspecified atom stereocenters. The molecular formula is C19H32IN5. The zero-order valence-corrected chi connectivity index (χ0v) is 17.6. The van der Waals surface area contributed by atoms with Crippen LogP contribution in [0.25, 0.3) is 0 Å². The molecule has 25 heavy (non-hydrogen) atoms. The van der Waals surface area contributed by atoms with Crippen LogP contribution in [0.15, 0.2) is 48.0 Å². The highest BCUT2D eigenvalue weighted by Crippen LogP contribution is 2.08. The molecule has 2 N–H and O–H groups in total. The Kier molecular flexibility index (Phi) is 11.5. The molecular weight excluding hydrogens is 425 g/mol. The minimum Gasteiger partial charge on any atom is -0.356 e. The molecule has 0 saturated carbocycles. The number of rotatable bonds is 8. The van der Waals surface area contributed by atoms with Crippen LogP contribution in [0, 0.1) is 0 Å². The number of hydrogen-bond donors (Lipinski definition) is 2. The van der Waals surface area contributed by atoms with Crippen molar-refractivity contribution in [1.82, 2.24) is 20.4 Å². The van der Waals surface area contributed by atoms with E-state index in [9.17, 15) is 0 Å². The first-order valence-electron chi connectivity index (χ1n) is 8.86. The van der Waals surface area contributed by atoms with Gasteiger partial charge >= 0.3 is 0 Å². The summed E-state index contributed by atoms with van der Waals surface area (Å²) >= 11 is 0. The van der Waals surface area contributed by atoms with Gasteiger partial charge < -0.3 is 15.5 Å². The van der Waals surface area contributed by atoms with Crippen LogP contribution in [0.5, 0.6) is 0 Å². The number of hydrogen-bond acceptors (Lipinski definition) is 3. The van der Waals surface area contributed by atoms with E-state index in [-0.39, 0.29) is 24.0 Å². The van der Waals surface area contributed by atoms with Crippen LogP contribution < -0.4 is 10.6 Å². The Morgan fingerprint density at radius 3 is 2.44 bits per heavy atom. The Balaban J connectivity index is 0.00000312. The Morgan fingerprint density at radius 1 is 1.12 bits per heavy atom. The summed E-state index contributed by atoms with van der Waals surface area (Å²) in [6, 6.07) is 10.8. The third-order valence-electron chi connectivity index (χ3n) is 4.29. The number of nitrogens with zero attached hydrogens (tertiary/aromatic N) is 3. The van der Waals surface area contributed by atoms with Gasteiger partial charge in [0, 0.05) is 52.9 Å². The van der Waals surface area contributed by atoms with Gasteiger partial charge in [0.15, 0.2) is 5.96 Å². The number of benzene rings is 1. The Bertz CT molecular complexity index is 498. The standard InChI is InChI=1S/C19H31N5.HI/c1-3-10-21-19(20-2)22-11-7-12-23-13-15-24(16-14-23)17-18-8-5-4-6-9-18;/h3-6,8-9H,1,7,10-17H2,2H3,(H2,20,21,22);1H. The monoisotopic (exact) mass is 457 g/mol. The first-order chi connectivity index (χ1) is 11.8. The molecule has 5 nitrogen and oxygen atoms in total. The van der Waals surface area contributed by atoms with E-state index in [4.69, 9.17) is 0 Å². The molecule has 2 rings (SSSR count). The molecule has 1 aliphatic heterocycles. The molecule has 1 fully saturated rings. The fraction of sp³-hybridized carbons (Fsp3) is 0.526. The third kappa shape index (κ3) is 8.69. The zero-order valence-electron chi connectivity index (χ0n) is 15.3. The van der Waals surface area contributed by atoms with E-state index in [0.717, 1.165) is 64.7 Å². The fourth-order valence-electron chi connectivity index (χ4n) is 2.91. The van der Waals surface area contributed by atoms with Crippen LogP contribution in [0.4, 0.5) is 0 Å². The van der Waals surface area contributed by atoms with E-state index in [2.05, 4.69) is 62.3 Å². The molecule has 0 spiro atoms. The number of guanidine groups is 1. The van der Waals surface area contributed by atoms with Gasteiger partial charge in [-0.25, -0.2) is 0 Å². The summed E-state index contributed by atoms with van der Waals surface area (Å²) in [7, 11) is 1.80. The van der Waals surface area contributed by atoms with Crippen LogP contribution >= 0.6 is 24.0 Å². The lowest BCUT2D eigenvalue weighted by Gasteiger charge is -2.34. The first kappa shape index (κ1) is 21.9. The largest absolute Gasteiger partial charge is 0.356 e. The molecule has 1 aromatic rings. The van der Waals surface area contributed by atoms with Crippen LogP contribution in [-0.4, -0.2) is 68.6 Å². The summed E-state index contributed by atoms with van der Waals surface area (Å²) in [6.07, 6.45) is 2.97. The van der Waals surface area contributed by atoms with Crippen LogP contribution in [0.1, 0.15) is 12.0 Å². The smallest absolute Gasteiger partial charge is 0.191 e. The molecule has 1 saturated heterocycles. The molecule has 1 aromatic carbocycles. The number of halogens is 1. The summed E-state index contributed by atoms with van der Waals surface area (Å²) in [5, 5.41) is 6.53. The lowest BCUT2D eigenvalue weighted by molar-refractivity contribution is 0.126. The van der Waals surface area contributed by atoms with Crippen LogP contribution in [0.3, 0.4) is 0 Å². The minimum absolute atomic E-state index is 0. The van der Waals surface area contributed by atoms with Gasteiger partial charge in [0.25, 0.3) is 0 Å². The second-order valence-corrected chi connectivity index (χ2v) is 6.13. The molecule has 1 aliphatic rings. The molecule has 0 bridgehead atoms. The summed E-state index contributed by atoms with van der Waals surface area (Å²) in [4.78, 5) is 9.29. The van der Waals surface area contributed by atoms with Gasteiger partial charge in [0.2, 0.25) is 0 Å². The van der Waals surface area contributed by atoms with Crippen molar-refractivity contribution in [3.63, 3.8) is 0 Å². The second kappa shape index (κ2) is 13.1. The topological polar surface area (TPSA) is 42.9 Å². The van der Waals surface area contributed by atoms with Gasteiger partial charge in [-0.2, -0.15) is 0 Å². The van der Waals surface area contributed by atoms with Crippen molar-refractivity contribution < 1.29 is 0 Å². The van der Waals surface area contributed by atoms with Crippen molar-refractivity contribution in [1.29, 1.82) is 0 Å². The highest BCUT2D eigenvalue weighted by molar-refractivity contribution is 14.0. The van der Waals surface area contributed by atoms with Crippen molar-refractivity contribution in [2.24, 2.45) is 4.99 Å². The van der Waals surface area contributed by atoms with Crippen molar-refractivity contribution in [2.45, 2.75) is 13.0 Å². The van der Waals surface area contributed by atoms with Crippen LogP contribution in [0.2, 0.25) is 0 Å². The van der Waals surface area contributed by atoms with E-state index in [1.54, 1.807) is 7.05 Å². The maximum absolute atomic E-state index is 4.19. The van der Waals surface area contributed by atoms with Gasteiger partial charge in [0.1, 0.15) is 0 Å². The van der Waals surface area contributed by atoms with Crippen molar-refractivity contribution >= 4 is 29.9 Å². The average molecular weight is 457 g/mol. The predicted molar refractivity (Wildman–Crippen MR) is 118 cm³/mol. The molecule has 0 aliphatic carbocycles. The third-order valence-corrected chi connectivity index (χ3v) is 4.29. The van der Waals surface area contributed by atoms with E-state index < -0.39 is 0 Å². The number of aliphatic imine (C=N–C) groups is 1. The predicted octanol–water partition coefficient (Wildman–Crippen LogP) is 2.16.